The van der Waals surface area contributed by atoms with Gasteiger partial charge in [0.2, 0.25) is 5.91 Å². The van der Waals surface area contributed by atoms with Crippen LogP contribution in [0, 0.1) is 17.3 Å². The number of carbonyl (C=O) groups excluding carboxylic acids is 1. The molecule has 0 atom stereocenters. The minimum absolute atomic E-state index is 0.0263. The minimum Gasteiger partial charge on any atom is -0.310 e. The second-order valence-electron chi connectivity index (χ2n) is 5.99. The molecule has 22 heavy (non-hydrogen) atoms. The fourth-order valence-electron chi connectivity index (χ4n) is 3.60. The van der Waals surface area contributed by atoms with E-state index in [9.17, 15) is 9.18 Å². The van der Waals surface area contributed by atoms with Gasteiger partial charge in [-0.25, -0.2) is 4.39 Å². The van der Waals surface area contributed by atoms with Crippen LogP contribution in [0.2, 0.25) is 5.02 Å². The Morgan fingerprint density at radius 1 is 1.27 bits per heavy atom. The SMILES string of the molecule is N#CN1CCC2(CCCC(=O)N2c2ccc(Cl)c(F)c2)CC1. The third-order valence-electron chi connectivity index (χ3n) is 4.75. The molecule has 0 N–H and O–H groups in total. The van der Waals surface area contributed by atoms with Gasteiger partial charge in [0.15, 0.2) is 6.19 Å². The highest BCUT2D eigenvalue weighted by Gasteiger charge is 2.45. The van der Waals surface area contributed by atoms with E-state index in [2.05, 4.69) is 6.19 Å². The number of likely N-dealkylation sites (tertiary alicyclic amines) is 1. The number of carbonyl (C=O) groups is 1. The molecular formula is C16H17ClFN3O. The van der Waals surface area contributed by atoms with Crippen LogP contribution in [0.5, 0.6) is 0 Å². The Kier molecular flexibility index (Phi) is 3.96. The lowest BCUT2D eigenvalue weighted by Crippen LogP contribution is -2.59. The predicted octanol–water partition coefficient (Wildman–Crippen LogP) is 3.31. The van der Waals surface area contributed by atoms with Gasteiger partial charge in [-0.1, -0.05) is 11.6 Å². The highest BCUT2D eigenvalue weighted by molar-refractivity contribution is 6.30. The molecule has 1 aromatic rings. The maximum Gasteiger partial charge on any atom is 0.227 e. The molecule has 0 bridgehead atoms. The molecule has 0 aromatic heterocycles. The Morgan fingerprint density at radius 2 is 2.00 bits per heavy atom. The molecule has 2 aliphatic rings. The van der Waals surface area contributed by atoms with Crippen molar-refractivity contribution in [3.63, 3.8) is 0 Å². The van der Waals surface area contributed by atoms with Gasteiger partial charge in [-0.2, -0.15) is 5.26 Å². The number of amides is 1. The lowest BCUT2D eigenvalue weighted by atomic mass is 9.78. The summed E-state index contributed by atoms with van der Waals surface area (Å²) in [6.07, 6.45) is 5.84. The van der Waals surface area contributed by atoms with Gasteiger partial charge < -0.3 is 9.80 Å². The number of hydrogen-bond donors (Lipinski definition) is 0. The summed E-state index contributed by atoms with van der Waals surface area (Å²) in [5, 5.41) is 9.07. The summed E-state index contributed by atoms with van der Waals surface area (Å²) in [6, 6.07) is 4.53. The fraction of sp³-hybridized carbons (Fsp3) is 0.500. The zero-order chi connectivity index (χ0) is 15.7. The molecule has 0 saturated carbocycles. The molecule has 4 nitrogen and oxygen atoms in total. The minimum atomic E-state index is -0.512. The Morgan fingerprint density at radius 3 is 2.64 bits per heavy atom. The van der Waals surface area contributed by atoms with E-state index < -0.39 is 5.82 Å². The normalized spacial score (nSPS) is 21.0. The molecule has 0 radical (unpaired) electrons. The van der Waals surface area contributed by atoms with Crippen LogP contribution in [0.15, 0.2) is 18.2 Å². The van der Waals surface area contributed by atoms with Crippen molar-refractivity contribution in [3.8, 4) is 6.19 Å². The smallest absolute Gasteiger partial charge is 0.227 e. The predicted molar refractivity (Wildman–Crippen MR) is 81.9 cm³/mol. The highest BCUT2D eigenvalue weighted by atomic mass is 35.5. The van der Waals surface area contributed by atoms with Crippen molar-refractivity contribution in [2.45, 2.75) is 37.6 Å². The van der Waals surface area contributed by atoms with Crippen molar-refractivity contribution >= 4 is 23.2 Å². The zero-order valence-corrected chi connectivity index (χ0v) is 12.9. The first-order valence-electron chi connectivity index (χ1n) is 7.48. The van der Waals surface area contributed by atoms with Gasteiger partial charge >= 0.3 is 0 Å². The van der Waals surface area contributed by atoms with Crippen molar-refractivity contribution in [3.05, 3.63) is 29.0 Å². The average molecular weight is 322 g/mol. The van der Waals surface area contributed by atoms with Crippen LogP contribution < -0.4 is 4.90 Å². The first kappa shape index (κ1) is 15.1. The number of hydrogen-bond acceptors (Lipinski definition) is 3. The van der Waals surface area contributed by atoms with Crippen molar-refractivity contribution in [2.24, 2.45) is 0 Å². The van der Waals surface area contributed by atoms with E-state index in [0.717, 1.165) is 25.7 Å². The molecule has 2 heterocycles. The number of nitriles is 1. The Bertz CT molecular complexity index is 635. The number of anilines is 1. The van der Waals surface area contributed by atoms with Crippen molar-refractivity contribution in [1.82, 2.24) is 4.90 Å². The van der Waals surface area contributed by atoms with Gasteiger partial charge in [-0.05, 0) is 43.9 Å². The van der Waals surface area contributed by atoms with E-state index in [4.69, 9.17) is 16.9 Å². The molecule has 2 aliphatic heterocycles. The number of nitrogens with zero attached hydrogens (tertiary/aromatic N) is 3. The van der Waals surface area contributed by atoms with Crippen LogP contribution in [0.1, 0.15) is 32.1 Å². The summed E-state index contributed by atoms with van der Waals surface area (Å²) < 4.78 is 13.8. The number of piperidine rings is 2. The summed E-state index contributed by atoms with van der Waals surface area (Å²) in [4.78, 5) is 16.0. The van der Waals surface area contributed by atoms with Crippen LogP contribution in [0.4, 0.5) is 10.1 Å². The number of rotatable bonds is 1. The van der Waals surface area contributed by atoms with E-state index >= 15 is 0 Å². The molecule has 1 aromatic carbocycles. The molecule has 1 amide bonds. The molecular weight excluding hydrogens is 305 g/mol. The summed E-state index contributed by atoms with van der Waals surface area (Å²) in [6.45, 7) is 1.27. The first-order valence-corrected chi connectivity index (χ1v) is 7.86. The van der Waals surface area contributed by atoms with E-state index in [1.54, 1.807) is 15.9 Å². The lowest BCUT2D eigenvalue weighted by molar-refractivity contribution is -0.122. The van der Waals surface area contributed by atoms with Gasteiger partial charge in [0.05, 0.1) is 10.6 Å². The second-order valence-corrected chi connectivity index (χ2v) is 6.40. The van der Waals surface area contributed by atoms with Crippen LogP contribution in [-0.4, -0.2) is 29.4 Å². The molecule has 6 heteroatoms. The quantitative estimate of drug-likeness (QED) is 0.746. The van der Waals surface area contributed by atoms with E-state index in [0.29, 0.717) is 25.2 Å². The third kappa shape index (κ3) is 2.52. The largest absolute Gasteiger partial charge is 0.310 e. The molecule has 1 spiro atoms. The molecule has 2 fully saturated rings. The summed E-state index contributed by atoms with van der Waals surface area (Å²) in [5.74, 6) is -0.486. The maximum absolute atomic E-state index is 13.8. The third-order valence-corrected chi connectivity index (χ3v) is 5.06. The van der Waals surface area contributed by atoms with Gasteiger partial charge in [0.1, 0.15) is 5.82 Å². The zero-order valence-electron chi connectivity index (χ0n) is 12.2. The van der Waals surface area contributed by atoms with E-state index in [1.165, 1.54) is 12.1 Å². The lowest BCUT2D eigenvalue weighted by Gasteiger charge is -2.50. The molecule has 2 saturated heterocycles. The molecule has 116 valence electrons. The van der Waals surface area contributed by atoms with E-state index in [-0.39, 0.29) is 16.5 Å². The Balaban J connectivity index is 1.96. The van der Waals surface area contributed by atoms with Crippen molar-refractivity contribution in [2.75, 3.05) is 18.0 Å². The van der Waals surface area contributed by atoms with Gasteiger partial charge in [0, 0.05) is 25.2 Å². The molecule has 3 rings (SSSR count). The highest BCUT2D eigenvalue weighted by Crippen LogP contribution is 2.41. The van der Waals surface area contributed by atoms with Gasteiger partial charge in [-0.15, -0.1) is 0 Å². The second kappa shape index (κ2) is 5.77. The summed E-state index contributed by atoms with van der Waals surface area (Å²) in [7, 11) is 0. The fourth-order valence-corrected chi connectivity index (χ4v) is 3.71. The van der Waals surface area contributed by atoms with Crippen LogP contribution in [-0.2, 0) is 4.79 Å². The maximum atomic E-state index is 13.8. The average Bonchev–Trinajstić information content (AvgIpc) is 2.51. The molecule has 0 aliphatic carbocycles. The van der Waals surface area contributed by atoms with Crippen LogP contribution in [0.25, 0.3) is 0 Å². The molecule has 0 unspecified atom stereocenters. The van der Waals surface area contributed by atoms with Crippen molar-refractivity contribution < 1.29 is 9.18 Å². The first-order chi connectivity index (χ1) is 10.6. The Labute approximate surface area is 134 Å². The topological polar surface area (TPSA) is 47.3 Å². The number of halogens is 2. The van der Waals surface area contributed by atoms with Crippen LogP contribution >= 0.6 is 11.6 Å². The standard InChI is InChI=1S/C16H17ClFN3O/c17-13-4-3-12(10-14(13)18)21-15(22)2-1-5-16(21)6-8-20(11-19)9-7-16/h3-4,10H,1-2,5-9H2. The number of benzene rings is 1. The van der Waals surface area contributed by atoms with Gasteiger partial charge in [-0.3, -0.25) is 4.79 Å². The van der Waals surface area contributed by atoms with Crippen molar-refractivity contribution in [1.29, 1.82) is 5.26 Å². The van der Waals surface area contributed by atoms with E-state index in [1.807, 2.05) is 0 Å². The Hall–Kier alpha value is -1.80. The van der Waals surface area contributed by atoms with Gasteiger partial charge in [0.25, 0.3) is 0 Å². The summed E-state index contributed by atoms with van der Waals surface area (Å²) >= 11 is 5.75. The van der Waals surface area contributed by atoms with Crippen LogP contribution in [0.3, 0.4) is 0 Å². The monoisotopic (exact) mass is 321 g/mol. The summed E-state index contributed by atoms with van der Waals surface area (Å²) in [5.41, 5.74) is 0.264.